The van der Waals surface area contributed by atoms with E-state index in [2.05, 4.69) is 21.2 Å². The van der Waals surface area contributed by atoms with E-state index < -0.39 is 12.1 Å². The van der Waals surface area contributed by atoms with Crippen LogP contribution in [-0.2, 0) is 9.53 Å². The van der Waals surface area contributed by atoms with Crippen molar-refractivity contribution < 1.29 is 19.4 Å². The summed E-state index contributed by atoms with van der Waals surface area (Å²) in [5.74, 6) is 0.360. The lowest BCUT2D eigenvalue weighted by atomic mass is 10.3. The second-order valence-electron chi connectivity index (χ2n) is 4.30. The van der Waals surface area contributed by atoms with Crippen molar-refractivity contribution in [3.8, 4) is 5.75 Å². The molecule has 112 valence electrons. The van der Waals surface area contributed by atoms with Crippen LogP contribution in [0.5, 0.6) is 5.75 Å². The molecule has 0 saturated heterocycles. The molecule has 1 aromatic carbocycles. The number of hydrogen-bond acceptors (Lipinski definition) is 5. The SMILES string of the molecule is CCOC(=O)C(C)NCC(O)COc1ccc(Br)cc1. The van der Waals surface area contributed by atoms with Gasteiger partial charge in [-0.1, -0.05) is 15.9 Å². The third-order valence-electron chi connectivity index (χ3n) is 2.56. The van der Waals surface area contributed by atoms with E-state index in [1.165, 1.54) is 0 Å². The van der Waals surface area contributed by atoms with Crippen molar-refractivity contribution in [3.63, 3.8) is 0 Å². The second kappa shape index (κ2) is 8.94. The number of aliphatic hydroxyl groups excluding tert-OH is 1. The summed E-state index contributed by atoms with van der Waals surface area (Å²) in [7, 11) is 0. The summed E-state index contributed by atoms with van der Waals surface area (Å²) in [5.41, 5.74) is 0. The van der Waals surface area contributed by atoms with Crippen molar-refractivity contribution in [2.75, 3.05) is 19.8 Å². The van der Waals surface area contributed by atoms with Gasteiger partial charge < -0.3 is 19.9 Å². The Balaban J connectivity index is 2.24. The van der Waals surface area contributed by atoms with Crippen LogP contribution in [0, 0.1) is 0 Å². The minimum Gasteiger partial charge on any atom is -0.491 e. The maximum absolute atomic E-state index is 11.4. The van der Waals surface area contributed by atoms with Crippen molar-refractivity contribution in [2.45, 2.75) is 26.0 Å². The zero-order valence-corrected chi connectivity index (χ0v) is 13.2. The second-order valence-corrected chi connectivity index (χ2v) is 5.22. The summed E-state index contributed by atoms with van der Waals surface area (Å²) in [4.78, 5) is 11.4. The average Bonchev–Trinajstić information content (AvgIpc) is 2.44. The van der Waals surface area contributed by atoms with Gasteiger partial charge in [0.25, 0.3) is 0 Å². The standard InChI is InChI=1S/C14H20BrNO4/c1-3-19-14(18)10(2)16-8-12(17)9-20-13-6-4-11(15)5-7-13/h4-7,10,12,16-17H,3,8-9H2,1-2H3. The van der Waals surface area contributed by atoms with Crippen LogP contribution < -0.4 is 10.1 Å². The third kappa shape index (κ3) is 6.36. The number of carbonyl (C=O) groups is 1. The van der Waals surface area contributed by atoms with Crippen LogP contribution in [0.15, 0.2) is 28.7 Å². The van der Waals surface area contributed by atoms with Crippen LogP contribution in [0.4, 0.5) is 0 Å². The van der Waals surface area contributed by atoms with E-state index in [4.69, 9.17) is 9.47 Å². The lowest BCUT2D eigenvalue weighted by molar-refractivity contribution is -0.145. The third-order valence-corrected chi connectivity index (χ3v) is 3.08. The fraction of sp³-hybridized carbons (Fsp3) is 0.500. The van der Waals surface area contributed by atoms with Gasteiger partial charge in [-0.15, -0.1) is 0 Å². The maximum atomic E-state index is 11.4. The Morgan fingerprint density at radius 2 is 2.05 bits per heavy atom. The predicted molar refractivity (Wildman–Crippen MR) is 79.7 cm³/mol. The van der Waals surface area contributed by atoms with E-state index >= 15 is 0 Å². The molecule has 20 heavy (non-hydrogen) atoms. The molecule has 1 aromatic rings. The molecule has 1 rings (SSSR count). The molecule has 5 nitrogen and oxygen atoms in total. The smallest absolute Gasteiger partial charge is 0.322 e. The molecule has 0 aliphatic heterocycles. The Labute approximate surface area is 127 Å². The number of aliphatic hydroxyl groups is 1. The zero-order valence-electron chi connectivity index (χ0n) is 11.6. The summed E-state index contributed by atoms with van der Waals surface area (Å²) in [6.45, 7) is 4.21. The van der Waals surface area contributed by atoms with Crippen LogP contribution in [0.2, 0.25) is 0 Å². The summed E-state index contributed by atoms with van der Waals surface area (Å²) < 4.78 is 11.3. The molecule has 2 N–H and O–H groups in total. The number of rotatable bonds is 8. The normalized spacial score (nSPS) is 13.6. The molecule has 0 aromatic heterocycles. The number of ether oxygens (including phenoxy) is 2. The molecule has 0 fully saturated rings. The fourth-order valence-corrected chi connectivity index (χ4v) is 1.71. The van der Waals surface area contributed by atoms with E-state index in [-0.39, 0.29) is 19.1 Å². The van der Waals surface area contributed by atoms with Gasteiger partial charge in [-0.3, -0.25) is 4.79 Å². The van der Waals surface area contributed by atoms with Crippen molar-refractivity contribution in [3.05, 3.63) is 28.7 Å². The first kappa shape index (κ1) is 16.9. The van der Waals surface area contributed by atoms with Crippen molar-refractivity contribution in [1.82, 2.24) is 5.32 Å². The van der Waals surface area contributed by atoms with Crippen LogP contribution in [0.3, 0.4) is 0 Å². The monoisotopic (exact) mass is 345 g/mol. The van der Waals surface area contributed by atoms with Crippen LogP contribution >= 0.6 is 15.9 Å². The molecule has 0 spiro atoms. The highest BCUT2D eigenvalue weighted by Gasteiger charge is 2.15. The van der Waals surface area contributed by atoms with Crippen LogP contribution in [-0.4, -0.2) is 43.0 Å². The maximum Gasteiger partial charge on any atom is 0.322 e. The van der Waals surface area contributed by atoms with Gasteiger partial charge in [-0.2, -0.15) is 0 Å². The van der Waals surface area contributed by atoms with Crippen molar-refractivity contribution >= 4 is 21.9 Å². The molecule has 0 amide bonds. The molecule has 0 aliphatic rings. The Morgan fingerprint density at radius 3 is 2.65 bits per heavy atom. The molecule has 6 heteroatoms. The summed E-state index contributed by atoms with van der Waals surface area (Å²) in [5, 5.41) is 12.7. The van der Waals surface area contributed by atoms with Gasteiger partial charge in [0.2, 0.25) is 0 Å². The number of halogens is 1. The lowest BCUT2D eigenvalue weighted by Crippen LogP contribution is -2.41. The van der Waals surface area contributed by atoms with E-state index in [0.717, 1.165) is 4.47 Å². The lowest BCUT2D eigenvalue weighted by Gasteiger charge is -2.16. The van der Waals surface area contributed by atoms with Crippen LogP contribution in [0.25, 0.3) is 0 Å². The van der Waals surface area contributed by atoms with Gasteiger partial charge in [0.15, 0.2) is 0 Å². The summed E-state index contributed by atoms with van der Waals surface area (Å²) in [6.07, 6.45) is -0.699. The molecule has 0 saturated carbocycles. The number of esters is 1. The number of nitrogens with one attached hydrogen (secondary N) is 1. The van der Waals surface area contributed by atoms with Gasteiger partial charge in [-0.25, -0.2) is 0 Å². The van der Waals surface area contributed by atoms with E-state index in [0.29, 0.717) is 12.4 Å². The average molecular weight is 346 g/mol. The molecular formula is C14H20BrNO4. The van der Waals surface area contributed by atoms with Gasteiger partial charge >= 0.3 is 5.97 Å². The number of hydrogen-bond donors (Lipinski definition) is 2. The number of carbonyl (C=O) groups excluding carboxylic acids is 1. The van der Waals surface area contributed by atoms with E-state index in [1.54, 1.807) is 13.8 Å². The summed E-state index contributed by atoms with van der Waals surface area (Å²) >= 11 is 3.33. The van der Waals surface area contributed by atoms with E-state index in [9.17, 15) is 9.90 Å². The first-order valence-electron chi connectivity index (χ1n) is 6.49. The molecule has 0 aliphatic carbocycles. The highest BCUT2D eigenvalue weighted by Crippen LogP contribution is 2.16. The van der Waals surface area contributed by atoms with Crippen molar-refractivity contribution in [1.29, 1.82) is 0 Å². The quantitative estimate of drug-likeness (QED) is 0.702. The van der Waals surface area contributed by atoms with E-state index in [1.807, 2.05) is 24.3 Å². The van der Waals surface area contributed by atoms with Gasteiger partial charge in [0, 0.05) is 11.0 Å². The molecule has 0 bridgehead atoms. The Bertz CT molecular complexity index is 410. The fourth-order valence-electron chi connectivity index (χ4n) is 1.45. The molecule has 2 unspecified atom stereocenters. The first-order chi connectivity index (χ1) is 9.52. The topological polar surface area (TPSA) is 67.8 Å². The molecule has 0 radical (unpaired) electrons. The number of benzene rings is 1. The Morgan fingerprint density at radius 1 is 1.40 bits per heavy atom. The minimum absolute atomic E-state index is 0.157. The molecule has 0 heterocycles. The molecule has 2 atom stereocenters. The largest absolute Gasteiger partial charge is 0.491 e. The highest BCUT2D eigenvalue weighted by atomic mass is 79.9. The first-order valence-corrected chi connectivity index (χ1v) is 7.28. The van der Waals surface area contributed by atoms with Crippen molar-refractivity contribution in [2.24, 2.45) is 0 Å². The van der Waals surface area contributed by atoms with Gasteiger partial charge in [0.1, 0.15) is 24.5 Å². The minimum atomic E-state index is -0.699. The predicted octanol–water partition coefficient (Wildman–Crippen LogP) is 1.73. The zero-order chi connectivity index (χ0) is 15.0. The molecular weight excluding hydrogens is 326 g/mol. The highest BCUT2D eigenvalue weighted by molar-refractivity contribution is 9.10. The van der Waals surface area contributed by atoms with Gasteiger partial charge in [0.05, 0.1) is 6.61 Å². The summed E-state index contributed by atoms with van der Waals surface area (Å²) in [6, 6.07) is 6.90. The Kier molecular flexibility index (Phi) is 7.58. The Hall–Kier alpha value is -1.11. The van der Waals surface area contributed by atoms with Crippen LogP contribution in [0.1, 0.15) is 13.8 Å². The van der Waals surface area contributed by atoms with Gasteiger partial charge in [-0.05, 0) is 38.1 Å².